The molecule has 0 bridgehead atoms. The van der Waals surface area contributed by atoms with E-state index in [1.165, 1.54) is 11.1 Å². The van der Waals surface area contributed by atoms with Gasteiger partial charge in [-0.25, -0.2) is 4.98 Å². The van der Waals surface area contributed by atoms with Crippen molar-refractivity contribution >= 4 is 5.82 Å². The summed E-state index contributed by atoms with van der Waals surface area (Å²) in [5.41, 5.74) is 14.7. The van der Waals surface area contributed by atoms with Crippen LogP contribution in [0.15, 0.2) is 30.0 Å². The average Bonchev–Trinajstić information content (AvgIpc) is 2.13. The maximum atomic E-state index is 6.07. The first-order chi connectivity index (χ1) is 7.94. The number of rotatable bonds is 2. The lowest BCUT2D eigenvalue weighted by atomic mass is 9.74. The smallest absolute Gasteiger partial charge is 0.123 e. The van der Waals surface area contributed by atoms with Crippen LogP contribution in [0.4, 0.5) is 5.82 Å². The molecule has 2 rings (SSSR count). The van der Waals surface area contributed by atoms with Gasteiger partial charge in [0.2, 0.25) is 0 Å². The molecule has 4 N–H and O–H groups in total. The second-order valence-corrected chi connectivity index (χ2v) is 5.80. The van der Waals surface area contributed by atoms with Crippen LogP contribution in [0.2, 0.25) is 0 Å². The summed E-state index contributed by atoms with van der Waals surface area (Å²) in [6.45, 7) is 4.56. The van der Waals surface area contributed by atoms with Gasteiger partial charge in [0.1, 0.15) is 5.82 Å². The number of anilines is 1. The number of pyridine rings is 1. The van der Waals surface area contributed by atoms with Crippen LogP contribution in [0.3, 0.4) is 0 Å². The Balaban J connectivity index is 2.14. The van der Waals surface area contributed by atoms with Crippen molar-refractivity contribution in [3.63, 3.8) is 0 Å². The number of hydrogen-bond donors (Lipinski definition) is 2. The van der Waals surface area contributed by atoms with E-state index in [1.54, 1.807) is 6.20 Å². The Morgan fingerprint density at radius 3 is 2.88 bits per heavy atom. The van der Waals surface area contributed by atoms with Crippen molar-refractivity contribution in [3.05, 3.63) is 35.5 Å². The molecule has 0 radical (unpaired) electrons. The molecular formula is C14H21N3. The number of nitrogen functional groups attached to an aromatic ring is 1. The molecule has 17 heavy (non-hydrogen) atoms. The Labute approximate surface area is 103 Å². The van der Waals surface area contributed by atoms with Crippen LogP contribution >= 0.6 is 0 Å². The van der Waals surface area contributed by atoms with E-state index < -0.39 is 0 Å². The highest BCUT2D eigenvalue weighted by Gasteiger charge is 2.26. The summed E-state index contributed by atoms with van der Waals surface area (Å²) in [5.74, 6) is 0.586. The lowest BCUT2D eigenvalue weighted by Crippen LogP contribution is -2.31. The van der Waals surface area contributed by atoms with Crippen LogP contribution in [0.25, 0.3) is 0 Å². The topological polar surface area (TPSA) is 64.9 Å². The molecule has 0 aliphatic heterocycles. The van der Waals surface area contributed by atoms with E-state index in [1.807, 2.05) is 12.1 Å². The zero-order valence-corrected chi connectivity index (χ0v) is 10.6. The monoisotopic (exact) mass is 231 g/mol. The maximum absolute atomic E-state index is 6.07. The van der Waals surface area contributed by atoms with Crippen LogP contribution in [-0.2, 0) is 6.42 Å². The first-order valence-electron chi connectivity index (χ1n) is 6.10. The van der Waals surface area contributed by atoms with E-state index >= 15 is 0 Å². The molecule has 0 aromatic carbocycles. The minimum Gasteiger partial charge on any atom is -0.384 e. The van der Waals surface area contributed by atoms with Gasteiger partial charge in [0.25, 0.3) is 0 Å². The predicted octanol–water partition coefficient (Wildman–Crippen LogP) is 2.28. The van der Waals surface area contributed by atoms with Crippen LogP contribution in [0.1, 0.15) is 32.3 Å². The highest BCUT2D eigenvalue weighted by Crippen LogP contribution is 2.35. The molecule has 1 atom stereocenters. The summed E-state index contributed by atoms with van der Waals surface area (Å²) in [7, 11) is 0. The van der Waals surface area contributed by atoms with Crippen molar-refractivity contribution < 1.29 is 0 Å². The van der Waals surface area contributed by atoms with Crippen molar-refractivity contribution in [1.29, 1.82) is 0 Å². The second kappa shape index (κ2) is 4.49. The zero-order valence-electron chi connectivity index (χ0n) is 10.6. The predicted molar refractivity (Wildman–Crippen MR) is 71.4 cm³/mol. The largest absolute Gasteiger partial charge is 0.384 e. The molecule has 1 aliphatic rings. The van der Waals surface area contributed by atoms with Crippen LogP contribution in [0, 0.1) is 5.41 Å². The van der Waals surface area contributed by atoms with Crippen LogP contribution in [0.5, 0.6) is 0 Å². The lowest BCUT2D eigenvalue weighted by Gasteiger charge is -2.33. The van der Waals surface area contributed by atoms with Gasteiger partial charge in [0.05, 0.1) is 0 Å². The summed E-state index contributed by atoms with van der Waals surface area (Å²) in [6, 6.07) is 4.14. The molecule has 1 heterocycles. The third-order valence-corrected chi connectivity index (χ3v) is 3.22. The molecule has 1 aliphatic carbocycles. The molecule has 3 heteroatoms. The van der Waals surface area contributed by atoms with Gasteiger partial charge in [-0.05, 0) is 42.4 Å². The molecule has 1 aromatic heterocycles. The number of aromatic nitrogens is 1. The fourth-order valence-corrected chi connectivity index (χ4v) is 2.73. The first-order valence-corrected chi connectivity index (χ1v) is 6.10. The Bertz CT molecular complexity index is 435. The minimum atomic E-state index is 0.188. The molecule has 1 aromatic rings. The van der Waals surface area contributed by atoms with Gasteiger partial charge in [-0.2, -0.15) is 0 Å². The van der Waals surface area contributed by atoms with Gasteiger partial charge >= 0.3 is 0 Å². The van der Waals surface area contributed by atoms with Crippen LogP contribution in [-0.4, -0.2) is 11.0 Å². The third-order valence-electron chi connectivity index (χ3n) is 3.22. The number of hydrogen-bond acceptors (Lipinski definition) is 3. The Morgan fingerprint density at radius 1 is 1.47 bits per heavy atom. The molecule has 0 spiro atoms. The van der Waals surface area contributed by atoms with Crippen LogP contribution < -0.4 is 11.5 Å². The van der Waals surface area contributed by atoms with Crippen molar-refractivity contribution in [2.45, 2.75) is 39.2 Å². The molecule has 3 nitrogen and oxygen atoms in total. The van der Waals surface area contributed by atoms with E-state index in [-0.39, 0.29) is 6.04 Å². The van der Waals surface area contributed by atoms with Gasteiger partial charge in [0.15, 0.2) is 0 Å². The van der Waals surface area contributed by atoms with Gasteiger partial charge in [-0.3, -0.25) is 0 Å². The van der Waals surface area contributed by atoms with E-state index in [9.17, 15) is 0 Å². The minimum absolute atomic E-state index is 0.188. The molecule has 0 saturated heterocycles. The fourth-order valence-electron chi connectivity index (χ4n) is 2.73. The fraction of sp³-hybridized carbons (Fsp3) is 0.500. The zero-order chi connectivity index (χ0) is 12.5. The third kappa shape index (κ3) is 3.30. The normalized spacial score (nSPS) is 23.2. The second-order valence-electron chi connectivity index (χ2n) is 5.80. The standard InChI is InChI=1S/C14H21N3/c1-14(2)8-11(6-12(15)9-14)5-10-3-4-17-13(16)7-10/h3-4,6-7,12H,5,8-9,15H2,1-2H3,(H2,16,17). The summed E-state index contributed by atoms with van der Waals surface area (Å²) in [6.07, 6.45) is 7.09. The number of nitrogens with zero attached hydrogens (tertiary/aromatic N) is 1. The maximum Gasteiger partial charge on any atom is 0.123 e. The van der Waals surface area contributed by atoms with Gasteiger partial charge in [-0.15, -0.1) is 0 Å². The van der Waals surface area contributed by atoms with E-state index in [0.717, 1.165) is 19.3 Å². The number of allylic oxidation sites excluding steroid dienone is 1. The van der Waals surface area contributed by atoms with Crippen molar-refractivity contribution in [1.82, 2.24) is 4.98 Å². The highest BCUT2D eigenvalue weighted by molar-refractivity contribution is 5.34. The van der Waals surface area contributed by atoms with Gasteiger partial charge in [-0.1, -0.05) is 25.5 Å². The lowest BCUT2D eigenvalue weighted by molar-refractivity contribution is 0.299. The molecule has 92 valence electrons. The quantitative estimate of drug-likeness (QED) is 0.767. The molecule has 0 amide bonds. The average molecular weight is 231 g/mol. The summed E-state index contributed by atoms with van der Waals surface area (Å²) in [5, 5.41) is 0. The molecule has 1 unspecified atom stereocenters. The number of nitrogens with two attached hydrogens (primary N) is 2. The summed E-state index contributed by atoms with van der Waals surface area (Å²) >= 11 is 0. The van der Waals surface area contributed by atoms with Gasteiger partial charge < -0.3 is 11.5 Å². The molecule has 0 saturated carbocycles. The molecular weight excluding hydrogens is 210 g/mol. The highest BCUT2D eigenvalue weighted by atomic mass is 14.8. The summed E-state index contributed by atoms with van der Waals surface area (Å²) in [4.78, 5) is 4.01. The Morgan fingerprint density at radius 2 is 2.24 bits per heavy atom. The Hall–Kier alpha value is -1.35. The van der Waals surface area contributed by atoms with E-state index in [4.69, 9.17) is 11.5 Å². The summed E-state index contributed by atoms with van der Waals surface area (Å²) < 4.78 is 0. The van der Waals surface area contributed by atoms with Crippen molar-refractivity contribution in [2.24, 2.45) is 11.1 Å². The molecule has 0 fully saturated rings. The van der Waals surface area contributed by atoms with E-state index in [2.05, 4.69) is 24.9 Å². The first kappa shape index (κ1) is 12.1. The van der Waals surface area contributed by atoms with E-state index in [0.29, 0.717) is 11.2 Å². The van der Waals surface area contributed by atoms with Crippen molar-refractivity contribution in [3.8, 4) is 0 Å². The van der Waals surface area contributed by atoms with Gasteiger partial charge in [0, 0.05) is 12.2 Å². The Kier molecular flexibility index (Phi) is 3.20. The SMILES string of the molecule is CC1(C)CC(Cc2ccnc(N)c2)=CC(N)C1. The van der Waals surface area contributed by atoms with Crippen molar-refractivity contribution in [2.75, 3.05) is 5.73 Å².